The average Bonchev–Trinajstić information content (AvgIpc) is 3.22. The molecule has 1 heterocycles. The number of aromatic nitrogens is 1. The highest BCUT2D eigenvalue weighted by atomic mass is 16.5. The Kier molecular flexibility index (Phi) is 7.05. The van der Waals surface area contributed by atoms with Gasteiger partial charge < -0.3 is 18.6 Å². The highest BCUT2D eigenvalue weighted by molar-refractivity contribution is 5.87. The van der Waals surface area contributed by atoms with E-state index in [1.807, 2.05) is 62.4 Å². The molecular weight excluding hydrogens is 370 g/mol. The number of esters is 1. The number of rotatable bonds is 9. The van der Waals surface area contributed by atoms with Gasteiger partial charge in [-0.05, 0) is 37.6 Å². The van der Waals surface area contributed by atoms with E-state index in [-0.39, 0.29) is 6.61 Å². The van der Waals surface area contributed by atoms with E-state index >= 15 is 0 Å². The summed E-state index contributed by atoms with van der Waals surface area (Å²) in [5, 5.41) is 0. The maximum Gasteiger partial charge on any atom is 0.331 e. The zero-order valence-electron chi connectivity index (χ0n) is 16.5. The van der Waals surface area contributed by atoms with Gasteiger partial charge in [-0.3, -0.25) is 0 Å². The Balaban J connectivity index is 1.57. The van der Waals surface area contributed by atoms with Crippen LogP contribution in [0.3, 0.4) is 0 Å². The Morgan fingerprint density at radius 1 is 1.03 bits per heavy atom. The first-order valence-electron chi connectivity index (χ1n) is 9.44. The number of benzene rings is 2. The molecule has 0 saturated heterocycles. The van der Waals surface area contributed by atoms with Gasteiger partial charge in [0.1, 0.15) is 0 Å². The Hall–Kier alpha value is -3.54. The van der Waals surface area contributed by atoms with Crippen molar-refractivity contribution in [3.05, 3.63) is 72.3 Å². The molecule has 2 aromatic carbocycles. The van der Waals surface area contributed by atoms with Gasteiger partial charge in [0.05, 0.1) is 19.4 Å². The van der Waals surface area contributed by atoms with E-state index < -0.39 is 5.97 Å². The van der Waals surface area contributed by atoms with E-state index in [1.54, 1.807) is 12.3 Å². The van der Waals surface area contributed by atoms with E-state index in [0.29, 0.717) is 36.4 Å². The summed E-state index contributed by atoms with van der Waals surface area (Å²) < 4.78 is 21.9. The number of carbonyl (C=O) groups excluding carboxylic acids is 1. The smallest absolute Gasteiger partial charge is 0.331 e. The van der Waals surface area contributed by atoms with Crippen LogP contribution in [0.25, 0.3) is 17.4 Å². The number of ether oxygens (including phenoxy) is 3. The van der Waals surface area contributed by atoms with Gasteiger partial charge in [0.15, 0.2) is 23.9 Å². The number of oxazole rings is 1. The van der Waals surface area contributed by atoms with Crippen LogP contribution in [-0.4, -0.2) is 24.2 Å². The molecule has 6 nitrogen and oxygen atoms in total. The summed E-state index contributed by atoms with van der Waals surface area (Å²) in [4.78, 5) is 16.2. The summed E-state index contributed by atoms with van der Waals surface area (Å²) in [7, 11) is 0. The van der Waals surface area contributed by atoms with Crippen molar-refractivity contribution in [1.29, 1.82) is 0 Å². The van der Waals surface area contributed by atoms with Crippen LogP contribution in [0.2, 0.25) is 0 Å². The molecule has 0 radical (unpaired) electrons. The second-order valence-electron chi connectivity index (χ2n) is 6.00. The molecule has 0 aliphatic rings. The Morgan fingerprint density at radius 3 is 2.55 bits per heavy atom. The zero-order valence-corrected chi connectivity index (χ0v) is 16.5. The maximum atomic E-state index is 12.0. The SMILES string of the molecule is CCOc1ccc(/C=C/C(=O)OCc2ncc(-c3ccccc3)o2)cc1OCC. The molecule has 0 amide bonds. The van der Waals surface area contributed by atoms with Crippen molar-refractivity contribution in [2.24, 2.45) is 0 Å². The lowest BCUT2D eigenvalue weighted by Crippen LogP contribution is -2.01. The summed E-state index contributed by atoms with van der Waals surface area (Å²) in [6.07, 6.45) is 4.63. The monoisotopic (exact) mass is 393 g/mol. The van der Waals surface area contributed by atoms with Gasteiger partial charge >= 0.3 is 5.97 Å². The molecule has 1 aromatic heterocycles. The van der Waals surface area contributed by atoms with Gasteiger partial charge in [0.2, 0.25) is 5.89 Å². The lowest BCUT2D eigenvalue weighted by atomic mass is 10.2. The zero-order chi connectivity index (χ0) is 20.5. The molecule has 0 aliphatic heterocycles. The van der Waals surface area contributed by atoms with Gasteiger partial charge in [0, 0.05) is 11.6 Å². The molecule has 0 fully saturated rings. The number of hydrogen-bond donors (Lipinski definition) is 0. The standard InChI is InChI=1S/C23H23NO5/c1-3-26-19-12-10-17(14-20(19)27-4-2)11-13-23(25)28-16-22-24-15-21(29-22)18-8-6-5-7-9-18/h5-15H,3-4,16H2,1-2H3/b13-11+. The molecule has 0 spiro atoms. The van der Waals surface area contributed by atoms with Crippen molar-refractivity contribution in [3.8, 4) is 22.8 Å². The highest BCUT2D eigenvalue weighted by Gasteiger charge is 2.08. The van der Waals surface area contributed by atoms with Crippen molar-refractivity contribution in [2.75, 3.05) is 13.2 Å². The molecule has 0 aliphatic carbocycles. The first-order chi connectivity index (χ1) is 14.2. The summed E-state index contributed by atoms with van der Waals surface area (Å²) >= 11 is 0. The largest absolute Gasteiger partial charge is 0.490 e. The van der Waals surface area contributed by atoms with Crippen molar-refractivity contribution in [3.63, 3.8) is 0 Å². The molecule has 150 valence electrons. The van der Waals surface area contributed by atoms with Crippen LogP contribution in [0, 0.1) is 0 Å². The number of nitrogens with zero attached hydrogens (tertiary/aromatic N) is 1. The number of hydrogen-bond acceptors (Lipinski definition) is 6. The van der Waals surface area contributed by atoms with Gasteiger partial charge in [-0.1, -0.05) is 36.4 Å². The molecule has 0 unspecified atom stereocenters. The van der Waals surface area contributed by atoms with Gasteiger partial charge in [0.25, 0.3) is 0 Å². The van der Waals surface area contributed by atoms with Gasteiger partial charge in [-0.15, -0.1) is 0 Å². The maximum absolute atomic E-state index is 12.0. The van der Waals surface area contributed by atoms with Crippen molar-refractivity contribution >= 4 is 12.0 Å². The summed E-state index contributed by atoms with van der Waals surface area (Å²) in [6.45, 7) is 4.85. The second-order valence-corrected chi connectivity index (χ2v) is 6.00. The molecule has 0 N–H and O–H groups in total. The minimum atomic E-state index is -0.490. The third kappa shape index (κ3) is 5.72. The molecular formula is C23H23NO5. The molecule has 0 bridgehead atoms. The normalized spacial score (nSPS) is 10.8. The Labute approximate surface area is 169 Å². The predicted molar refractivity (Wildman–Crippen MR) is 110 cm³/mol. The first-order valence-corrected chi connectivity index (χ1v) is 9.44. The number of carbonyl (C=O) groups is 1. The molecule has 0 saturated carbocycles. The lowest BCUT2D eigenvalue weighted by molar-refractivity contribution is -0.139. The Morgan fingerprint density at radius 2 is 1.79 bits per heavy atom. The minimum Gasteiger partial charge on any atom is -0.490 e. The predicted octanol–water partition coefficient (Wildman–Crippen LogP) is 4.90. The van der Waals surface area contributed by atoms with Crippen LogP contribution in [0.4, 0.5) is 0 Å². The fraction of sp³-hybridized carbons (Fsp3) is 0.217. The summed E-state index contributed by atoms with van der Waals surface area (Å²) in [5.74, 6) is 1.79. The second kappa shape index (κ2) is 10.1. The van der Waals surface area contributed by atoms with Crippen LogP contribution in [0.5, 0.6) is 11.5 Å². The molecule has 29 heavy (non-hydrogen) atoms. The van der Waals surface area contributed by atoms with Crippen LogP contribution in [0.1, 0.15) is 25.3 Å². The first kappa shape index (κ1) is 20.2. The average molecular weight is 393 g/mol. The summed E-state index contributed by atoms with van der Waals surface area (Å²) in [6, 6.07) is 15.1. The van der Waals surface area contributed by atoms with Gasteiger partial charge in [-0.2, -0.15) is 0 Å². The van der Waals surface area contributed by atoms with Crippen LogP contribution in [0.15, 0.2) is 65.2 Å². The highest BCUT2D eigenvalue weighted by Crippen LogP contribution is 2.29. The molecule has 3 rings (SSSR count). The third-order valence-corrected chi connectivity index (χ3v) is 3.93. The van der Waals surface area contributed by atoms with Crippen molar-refractivity contribution in [1.82, 2.24) is 4.98 Å². The lowest BCUT2D eigenvalue weighted by Gasteiger charge is -2.11. The van der Waals surface area contributed by atoms with Crippen LogP contribution in [-0.2, 0) is 16.1 Å². The van der Waals surface area contributed by atoms with Crippen LogP contribution < -0.4 is 9.47 Å². The van der Waals surface area contributed by atoms with Crippen LogP contribution >= 0.6 is 0 Å². The Bertz CT molecular complexity index is 962. The minimum absolute atomic E-state index is 0.0382. The van der Waals surface area contributed by atoms with E-state index in [2.05, 4.69) is 4.98 Å². The van der Waals surface area contributed by atoms with E-state index in [0.717, 1.165) is 11.1 Å². The topological polar surface area (TPSA) is 70.8 Å². The van der Waals surface area contributed by atoms with E-state index in [9.17, 15) is 4.79 Å². The van der Waals surface area contributed by atoms with Gasteiger partial charge in [-0.25, -0.2) is 9.78 Å². The third-order valence-electron chi connectivity index (χ3n) is 3.93. The van der Waals surface area contributed by atoms with E-state index in [1.165, 1.54) is 6.08 Å². The summed E-state index contributed by atoms with van der Waals surface area (Å²) in [5.41, 5.74) is 1.72. The molecule has 6 heteroatoms. The van der Waals surface area contributed by atoms with Crippen molar-refractivity contribution < 1.29 is 23.4 Å². The fourth-order valence-corrected chi connectivity index (χ4v) is 2.63. The molecule has 3 aromatic rings. The van der Waals surface area contributed by atoms with E-state index in [4.69, 9.17) is 18.6 Å². The fourth-order valence-electron chi connectivity index (χ4n) is 2.63. The van der Waals surface area contributed by atoms with Crippen molar-refractivity contribution in [2.45, 2.75) is 20.5 Å². The molecule has 0 atom stereocenters. The quantitative estimate of drug-likeness (QED) is 0.381.